The molecule has 2 rings (SSSR count). The predicted molar refractivity (Wildman–Crippen MR) is 80.0 cm³/mol. The number of aromatic amines is 1. The van der Waals surface area contributed by atoms with Gasteiger partial charge in [0.2, 0.25) is 5.43 Å². The number of aryl methyl sites for hydroxylation is 2. The molecule has 4 nitrogen and oxygen atoms in total. The largest absolute Gasteiger partial charge is 0.434 e. The van der Waals surface area contributed by atoms with Gasteiger partial charge >= 0.3 is 0 Å². The van der Waals surface area contributed by atoms with E-state index in [1.165, 1.54) is 6.07 Å². The minimum atomic E-state index is -0.339. The molecular formula is C15H17ClN2O2. The standard InChI is InChI=1S/C15H17ClN2O2/c1-5-11-9(3)6-8(2)10(4)14(11)20-15-12(19)7-13(16)17-18-15/h6-7H,5H2,1-4H3,(H,17,19). The first-order valence-electron chi connectivity index (χ1n) is 6.46. The second kappa shape index (κ2) is 5.67. The maximum absolute atomic E-state index is 11.8. The van der Waals surface area contributed by atoms with Crippen molar-refractivity contribution in [3.8, 4) is 11.6 Å². The lowest BCUT2D eigenvalue weighted by molar-refractivity contribution is 0.441. The van der Waals surface area contributed by atoms with Crippen molar-refractivity contribution in [2.45, 2.75) is 34.1 Å². The van der Waals surface area contributed by atoms with Gasteiger partial charge in [-0.2, -0.15) is 0 Å². The van der Waals surface area contributed by atoms with E-state index in [4.69, 9.17) is 16.3 Å². The third kappa shape index (κ3) is 2.70. The zero-order valence-corrected chi connectivity index (χ0v) is 12.8. The molecule has 1 aromatic heterocycles. The first-order valence-corrected chi connectivity index (χ1v) is 6.84. The number of aromatic nitrogens is 2. The van der Waals surface area contributed by atoms with Crippen molar-refractivity contribution in [1.82, 2.24) is 10.2 Å². The number of hydrogen-bond donors (Lipinski definition) is 1. The summed E-state index contributed by atoms with van der Waals surface area (Å²) in [5.74, 6) is 0.725. The summed E-state index contributed by atoms with van der Waals surface area (Å²) in [5, 5.41) is 6.58. The van der Waals surface area contributed by atoms with Crippen molar-refractivity contribution in [3.63, 3.8) is 0 Å². The van der Waals surface area contributed by atoms with Crippen LogP contribution in [0, 0.1) is 20.8 Å². The smallest absolute Gasteiger partial charge is 0.285 e. The van der Waals surface area contributed by atoms with Crippen LogP contribution in [0.1, 0.15) is 29.2 Å². The molecule has 0 aliphatic heterocycles. The second-order valence-corrected chi connectivity index (χ2v) is 5.19. The lowest BCUT2D eigenvalue weighted by atomic mass is 9.97. The topological polar surface area (TPSA) is 55.0 Å². The lowest BCUT2D eigenvalue weighted by Gasteiger charge is -2.16. The Morgan fingerprint density at radius 3 is 2.55 bits per heavy atom. The van der Waals surface area contributed by atoms with Crippen LogP contribution in [-0.2, 0) is 6.42 Å². The van der Waals surface area contributed by atoms with Crippen molar-refractivity contribution in [3.05, 3.63) is 49.8 Å². The van der Waals surface area contributed by atoms with E-state index in [0.717, 1.165) is 28.7 Å². The number of benzene rings is 1. The van der Waals surface area contributed by atoms with E-state index in [9.17, 15) is 4.79 Å². The molecule has 5 heteroatoms. The van der Waals surface area contributed by atoms with Crippen molar-refractivity contribution >= 4 is 11.6 Å². The minimum Gasteiger partial charge on any atom is -0.434 e. The highest BCUT2D eigenvalue weighted by Crippen LogP contribution is 2.32. The molecule has 0 radical (unpaired) electrons. The molecule has 0 aliphatic carbocycles. The van der Waals surface area contributed by atoms with Crippen LogP contribution in [0.15, 0.2) is 16.9 Å². The molecule has 0 saturated carbocycles. The highest BCUT2D eigenvalue weighted by molar-refractivity contribution is 6.29. The fourth-order valence-electron chi connectivity index (χ4n) is 2.22. The van der Waals surface area contributed by atoms with E-state index in [1.807, 2.05) is 20.8 Å². The monoisotopic (exact) mass is 292 g/mol. The number of nitrogens with one attached hydrogen (secondary N) is 1. The Morgan fingerprint density at radius 1 is 1.25 bits per heavy atom. The molecule has 0 spiro atoms. The lowest BCUT2D eigenvalue weighted by Crippen LogP contribution is -2.09. The molecule has 0 fully saturated rings. The van der Waals surface area contributed by atoms with Crippen molar-refractivity contribution in [2.24, 2.45) is 0 Å². The van der Waals surface area contributed by atoms with Gasteiger partial charge < -0.3 is 4.74 Å². The summed E-state index contributed by atoms with van der Waals surface area (Å²) in [5.41, 5.74) is 4.04. The molecule has 0 amide bonds. The average Bonchev–Trinajstić information content (AvgIpc) is 2.38. The zero-order chi connectivity index (χ0) is 14.9. The molecule has 106 valence electrons. The molecule has 0 unspecified atom stereocenters. The van der Waals surface area contributed by atoms with Crippen LogP contribution in [0.3, 0.4) is 0 Å². The normalized spacial score (nSPS) is 10.7. The van der Waals surface area contributed by atoms with E-state index in [-0.39, 0.29) is 16.5 Å². The van der Waals surface area contributed by atoms with Gasteiger partial charge in [0.1, 0.15) is 10.9 Å². The second-order valence-electron chi connectivity index (χ2n) is 4.78. The van der Waals surface area contributed by atoms with Gasteiger partial charge in [0.05, 0.1) is 0 Å². The first-order chi connectivity index (χ1) is 9.43. The summed E-state index contributed by atoms with van der Waals surface area (Å²) >= 11 is 5.69. The molecule has 0 saturated heterocycles. The molecule has 0 atom stereocenters. The summed E-state index contributed by atoms with van der Waals surface area (Å²) in [4.78, 5) is 11.8. The molecule has 2 aromatic rings. The maximum atomic E-state index is 11.8. The van der Waals surface area contributed by atoms with Crippen LogP contribution in [0.4, 0.5) is 0 Å². The molecule has 1 N–H and O–H groups in total. The van der Waals surface area contributed by atoms with Gasteiger partial charge in [0.15, 0.2) is 0 Å². The Labute approximate surface area is 122 Å². The van der Waals surface area contributed by atoms with Crippen molar-refractivity contribution in [1.29, 1.82) is 0 Å². The minimum absolute atomic E-state index is 0.0113. The Bertz CT molecular complexity index is 708. The summed E-state index contributed by atoms with van der Waals surface area (Å²) in [7, 11) is 0. The molecule has 1 aromatic carbocycles. The summed E-state index contributed by atoms with van der Waals surface area (Å²) in [6.45, 7) is 8.10. The van der Waals surface area contributed by atoms with Crippen molar-refractivity contribution in [2.75, 3.05) is 0 Å². The van der Waals surface area contributed by atoms with Crippen LogP contribution < -0.4 is 10.2 Å². The molecule has 1 heterocycles. The van der Waals surface area contributed by atoms with Crippen LogP contribution in [0.25, 0.3) is 0 Å². The van der Waals surface area contributed by atoms with Gasteiger partial charge in [-0.1, -0.05) is 24.6 Å². The first kappa shape index (κ1) is 14.6. The van der Waals surface area contributed by atoms with E-state index in [2.05, 4.69) is 23.2 Å². The number of hydrogen-bond acceptors (Lipinski definition) is 3. The van der Waals surface area contributed by atoms with E-state index < -0.39 is 0 Å². The van der Waals surface area contributed by atoms with E-state index >= 15 is 0 Å². The Morgan fingerprint density at radius 2 is 1.95 bits per heavy atom. The fourth-order valence-corrected chi connectivity index (χ4v) is 2.36. The SMILES string of the molecule is CCc1c(C)cc(C)c(C)c1Oc1n[nH]c(Cl)cc1=O. The third-order valence-corrected chi connectivity index (χ3v) is 3.59. The van der Waals surface area contributed by atoms with Gasteiger partial charge in [-0.3, -0.25) is 9.89 Å². The maximum Gasteiger partial charge on any atom is 0.285 e. The van der Waals surface area contributed by atoms with Gasteiger partial charge in [0, 0.05) is 6.07 Å². The fraction of sp³-hybridized carbons (Fsp3) is 0.333. The summed E-state index contributed by atoms with van der Waals surface area (Å²) in [6, 6.07) is 3.38. The number of nitrogens with zero attached hydrogens (tertiary/aromatic N) is 1. The van der Waals surface area contributed by atoms with Gasteiger partial charge in [-0.25, -0.2) is 0 Å². The number of H-pyrrole nitrogens is 1. The highest BCUT2D eigenvalue weighted by Gasteiger charge is 2.15. The molecular weight excluding hydrogens is 276 g/mol. The highest BCUT2D eigenvalue weighted by atomic mass is 35.5. The number of rotatable bonds is 3. The summed E-state index contributed by atoms with van der Waals surface area (Å²) in [6.07, 6.45) is 0.827. The van der Waals surface area contributed by atoms with E-state index in [1.54, 1.807) is 0 Å². The zero-order valence-electron chi connectivity index (χ0n) is 12.0. The number of halogens is 1. The van der Waals surface area contributed by atoms with Crippen LogP contribution in [-0.4, -0.2) is 10.2 Å². The number of ether oxygens (including phenoxy) is 1. The molecule has 0 bridgehead atoms. The molecule has 0 aliphatic rings. The Hall–Kier alpha value is -1.81. The van der Waals surface area contributed by atoms with Crippen LogP contribution in [0.2, 0.25) is 5.15 Å². The Kier molecular flexibility index (Phi) is 4.14. The van der Waals surface area contributed by atoms with Crippen molar-refractivity contribution < 1.29 is 4.74 Å². The van der Waals surface area contributed by atoms with Gasteiger partial charge in [0.25, 0.3) is 5.88 Å². The van der Waals surface area contributed by atoms with E-state index in [0.29, 0.717) is 5.75 Å². The quantitative estimate of drug-likeness (QED) is 0.938. The van der Waals surface area contributed by atoms with Crippen LogP contribution in [0.5, 0.6) is 11.6 Å². The third-order valence-electron chi connectivity index (χ3n) is 3.40. The predicted octanol–water partition coefficient (Wildman–Crippen LogP) is 3.70. The van der Waals surface area contributed by atoms with Gasteiger partial charge in [-0.05, 0) is 49.4 Å². The van der Waals surface area contributed by atoms with Gasteiger partial charge in [-0.15, -0.1) is 5.10 Å². The molecule has 20 heavy (non-hydrogen) atoms. The van der Waals surface area contributed by atoms with Crippen LogP contribution >= 0.6 is 11.6 Å². The Balaban J connectivity index is 2.55. The average molecular weight is 293 g/mol. The summed E-state index contributed by atoms with van der Waals surface area (Å²) < 4.78 is 5.77.